The van der Waals surface area contributed by atoms with Crippen LogP contribution < -0.4 is 10.1 Å². The third-order valence-electron chi connectivity index (χ3n) is 1.84. The van der Waals surface area contributed by atoms with Crippen molar-refractivity contribution in [1.29, 1.82) is 0 Å². The van der Waals surface area contributed by atoms with Crippen molar-refractivity contribution in [2.45, 2.75) is 0 Å². The lowest BCUT2D eigenvalue weighted by Gasteiger charge is -2.21. The Morgan fingerprint density at radius 2 is 2.71 bits per heavy atom. The molecule has 1 fully saturated rings. The van der Waals surface area contributed by atoms with Crippen LogP contribution in [0.3, 0.4) is 0 Å². The van der Waals surface area contributed by atoms with Gasteiger partial charge in [-0.1, -0.05) is 11.3 Å². The molecular formula is C8H10N2O3S. The lowest BCUT2D eigenvalue weighted by Crippen LogP contribution is -2.41. The zero-order chi connectivity index (χ0) is 9.80. The molecule has 1 aliphatic heterocycles. The summed E-state index contributed by atoms with van der Waals surface area (Å²) < 4.78 is 10.2. The van der Waals surface area contributed by atoms with Crippen molar-refractivity contribution in [3.05, 3.63) is 11.6 Å². The average Bonchev–Trinajstić information content (AvgIpc) is 2.70. The van der Waals surface area contributed by atoms with Crippen LogP contribution in [0.1, 0.15) is 0 Å². The minimum absolute atomic E-state index is 0.205. The molecule has 2 rings (SSSR count). The minimum Gasteiger partial charge on any atom is -0.470 e. The highest BCUT2D eigenvalue weighted by atomic mass is 32.1. The Kier molecular flexibility index (Phi) is 2.83. The second-order valence-corrected chi connectivity index (χ2v) is 3.81. The molecule has 1 atom stereocenters. The first kappa shape index (κ1) is 9.26. The molecule has 1 amide bonds. The van der Waals surface area contributed by atoms with E-state index in [1.54, 1.807) is 6.20 Å². The van der Waals surface area contributed by atoms with E-state index in [-0.39, 0.29) is 12.0 Å². The minimum atomic E-state index is -0.351. The van der Waals surface area contributed by atoms with Crippen LogP contribution in [0, 0.1) is 5.92 Å². The van der Waals surface area contributed by atoms with Crippen molar-refractivity contribution in [3.63, 3.8) is 0 Å². The largest absolute Gasteiger partial charge is 0.470 e. The molecule has 0 saturated carbocycles. The highest BCUT2D eigenvalue weighted by molar-refractivity contribution is 7.11. The van der Waals surface area contributed by atoms with E-state index in [0.29, 0.717) is 25.0 Å². The van der Waals surface area contributed by atoms with Crippen molar-refractivity contribution >= 4 is 17.4 Å². The molecule has 1 aromatic heterocycles. The first-order valence-electron chi connectivity index (χ1n) is 4.27. The fourth-order valence-corrected chi connectivity index (χ4v) is 1.60. The summed E-state index contributed by atoms with van der Waals surface area (Å²) in [6, 6.07) is 0. The quantitative estimate of drug-likeness (QED) is 0.811. The van der Waals surface area contributed by atoms with Crippen LogP contribution >= 0.6 is 11.3 Å². The summed E-state index contributed by atoms with van der Waals surface area (Å²) in [5, 5.41) is 5.11. The zero-order valence-corrected chi connectivity index (χ0v) is 8.25. The van der Waals surface area contributed by atoms with Crippen LogP contribution in [0.25, 0.3) is 0 Å². The SMILES string of the molecule is O=C1NCC(COc2nccs2)CO1. The van der Waals surface area contributed by atoms with Gasteiger partial charge in [-0.15, -0.1) is 0 Å². The molecule has 76 valence electrons. The van der Waals surface area contributed by atoms with Gasteiger partial charge in [0.2, 0.25) is 0 Å². The predicted molar refractivity (Wildman–Crippen MR) is 50.4 cm³/mol. The Morgan fingerprint density at radius 1 is 1.79 bits per heavy atom. The summed E-state index contributed by atoms with van der Waals surface area (Å²) >= 11 is 1.45. The van der Waals surface area contributed by atoms with E-state index in [9.17, 15) is 4.79 Å². The van der Waals surface area contributed by atoms with Crippen molar-refractivity contribution in [3.8, 4) is 5.19 Å². The molecule has 1 aromatic rings. The molecule has 0 aliphatic carbocycles. The number of nitrogens with one attached hydrogen (secondary N) is 1. The number of amides is 1. The smallest absolute Gasteiger partial charge is 0.407 e. The van der Waals surface area contributed by atoms with Gasteiger partial charge < -0.3 is 14.8 Å². The van der Waals surface area contributed by atoms with E-state index in [1.807, 2.05) is 5.38 Å². The van der Waals surface area contributed by atoms with Crippen LogP contribution in [-0.4, -0.2) is 30.8 Å². The number of hydrogen-bond donors (Lipinski definition) is 1. The van der Waals surface area contributed by atoms with Crippen molar-refractivity contribution in [2.24, 2.45) is 5.92 Å². The molecular weight excluding hydrogens is 204 g/mol. The first-order valence-corrected chi connectivity index (χ1v) is 5.15. The first-order chi connectivity index (χ1) is 6.84. The molecule has 1 saturated heterocycles. The maximum Gasteiger partial charge on any atom is 0.407 e. The zero-order valence-electron chi connectivity index (χ0n) is 7.43. The number of alkyl carbamates (subject to hydrolysis) is 1. The van der Waals surface area contributed by atoms with Gasteiger partial charge in [-0.25, -0.2) is 9.78 Å². The normalized spacial score (nSPS) is 21.1. The van der Waals surface area contributed by atoms with Gasteiger partial charge in [-0.2, -0.15) is 0 Å². The van der Waals surface area contributed by atoms with Crippen LogP contribution in [0.4, 0.5) is 4.79 Å². The fourth-order valence-electron chi connectivity index (χ4n) is 1.11. The van der Waals surface area contributed by atoms with E-state index < -0.39 is 0 Å². The summed E-state index contributed by atoms with van der Waals surface area (Å²) in [5.41, 5.74) is 0. The van der Waals surface area contributed by atoms with Gasteiger partial charge in [0.25, 0.3) is 5.19 Å². The van der Waals surface area contributed by atoms with Gasteiger partial charge in [0.05, 0.1) is 6.61 Å². The number of thiazole rings is 1. The molecule has 1 N–H and O–H groups in total. The van der Waals surface area contributed by atoms with Gasteiger partial charge in [-0.3, -0.25) is 0 Å². The Hall–Kier alpha value is -1.30. The van der Waals surface area contributed by atoms with E-state index in [0.717, 1.165) is 0 Å². The topological polar surface area (TPSA) is 60.5 Å². The number of carbonyl (C=O) groups is 1. The Morgan fingerprint density at radius 3 is 3.36 bits per heavy atom. The summed E-state index contributed by atoms with van der Waals surface area (Å²) in [6.45, 7) is 1.54. The highest BCUT2D eigenvalue weighted by Gasteiger charge is 2.19. The summed E-state index contributed by atoms with van der Waals surface area (Å²) in [4.78, 5) is 14.6. The maximum atomic E-state index is 10.7. The van der Waals surface area contributed by atoms with E-state index >= 15 is 0 Å². The second kappa shape index (κ2) is 4.28. The Bertz CT molecular complexity index is 292. The van der Waals surface area contributed by atoms with Crippen LogP contribution in [0.5, 0.6) is 5.19 Å². The molecule has 6 heteroatoms. The molecule has 0 radical (unpaired) electrons. The molecule has 0 bridgehead atoms. The molecule has 1 aliphatic rings. The molecule has 14 heavy (non-hydrogen) atoms. The van der Waals surface area contributed by atoms with E-state index in [2.05, 4.69) is 10.3 Å². The van der Waals surface area contributed by atoms with Crippen molar-refractivity contribution < 1.29 is 14.3 Å². The number of nitrogens with zero attached hydrogens (tertiary/aromatic N) is 1. The standard InChI is InChI=1S/C8H10N2O3S/c11-7-10-3-6(4-12-7)5-13-8-9-1-2-14-8/h1-2,6H,3-5H2,(H,10,11). The molecule has 0 aromatic carbocycles. The fraction of sp³-hybridized carbons (Fsp3) is 0.500. The van der Waals surface area contributed by atoms with Gasteiger partial charge in [0, 0.05) is 24.0 Å². The summed E-state index contributed by atoms with van der Waals surface area (Å²) in [7, 11) is 0. The van der Waals surface area contributed by atoms with Crippen LogP contribution in [-0.2, 0) is 4.74 Å². The lowest BCUT2D eigenvalue weighted by molar-refractivity contribution is 0.0836. The van der Waals surface area contributed by atoms with Crippen molar-refractivity contribution in [1.82, 2.24) is 10.3 Å². The highest BCUT2D eigenvalue weighted by Crippen LogP contribution is 2.15. The van der Waals surface area contributed by atoms with E-state index in [1.165, 1.54) is 11.3 Å². The van der Waals surface area contributed by atoms with Crippen molar-refractivity contribution in [2.75, 3.05) is 19.8 Å². The second-order valence-electron chi connectivity index (χ2n) is 2.95. The number of aromatic nitrogens is 1. The third kappa shape index (κ3) is 2.35. The third-order valence-corrected chi connectivity index (χ3v) is 2.52. The van der Waals surface area contributed by atoms with E-state index in [4.69, 9.17) is 9.47 Å². The Balaban J connectivity index is 1.73. The Labute approximate surface area is 85.0 Å². The van der Waals surface area contributed by atoms with Gasteiger partial charge in [0.15, 0.2) is 0 Å². The summed E-state index contributed by atoms with van der Waals surface area (Å²) in [5.74, 6) is 0.205. The number of cyclic esters (lactones) is 1. The molecule has 1 unspecified atom stereocenters. The maximum absolute atomic E-state index is 10.7. The number of ether oxygens (including phenoxy) is 2. The van der Waals surface area contributed by atoms with Crippen LogP contribution in [0.15, 0.2) is 11.6 Å². The average molecular weight is 214 g/mol. The van der Waals surface area contributed by atoms with Crippen LogP contribution in [0.2, 0.25) is 0 Å². The predicted octanol–water partition coefficient (Wildman–Crippen LogP) is 0.878. The molecule has 5 nitrogen and oxygen atoms in total. The van der Waals surface area contributed by atoms with Gasteiger partial charge in [0.1, 0.15) is 6.61 Å². The van der Waals surface area contributed by atoms with Gasteiger partial charge >= 0.3 is 6.09 Å². The van der Waals surface area contributed by atoms with Gasteiger partial charge in [-0.05, 0) is 0 Å². The monoisotopic (exact) mass is 214 g/mol. The number of carbonyl (C=O) groups excluding carboxylic acids is 1. The number of rotatable bonds is 3. The lowest BCUT2D eigenvalue weighted by atomic mass is 10.1. The molecule has 0 spiro atoms. The summed E-state index contributed by atoms with van der Waals surface area (Å²) in [6.07, 6.45) is 1.34. The molecule has 2 heterocycles. The number of hydrogen-bond acceptors (Lipinski definition) is 5.